The smallest absolute Gasteiger partial charge is 0.251 e. The Labute approximate surface area is 151 Å². The monoisotopic (exact) mass is 350 g/mol. The summed E-state index contributed by atoms with van der Waals surface area (Å²) in [5.74, 6) is 1.14. The topological polar surface area (TPSA) is 85.6 Å². The molecule has 1 amide bonds. The lowest BCUT2D eigenvalue weighted by Crippen LogP contribution is -2.32. The van der Waals surface area contributed by atoms with Gasteiger partial charge >= 0.3 is 0 Å². The molecule has 0 saturated heterocycles. The van der Waals surface area contributed by atoms with Crippen LogP contribution >= 0.6 is 0 Å². The molecule has 1 aromatic carbocycles. The Balaban J connectivity index is 1.62. The van der Waals surface area contributed by atoms with E-state index in [0.717, 1.165) is 47.6 Å². The molecule has 26 heavy (non-hydrogen) atoms. The number of hydrogen-bond acceptors (Lipinski definition) is 5. The molecule has 1 N–H and O–H groups in total. The Morgan fingerprint density at radius 1 is 1.23 bits per heavy atom. The van der Waals surface area contributed by atoms with Crippen LogP contribution in [0, 0.1) is 19.8 Å². The Hall–Kier alpha value is -2.83. The molecule has 134 valence electrons. The fourth-order valence-electron chi connectivity index (χ4n) is 3.18. The highest BCUT2D eigenvalue weighted by molar-refractivity contribution is 5.97. The van der Waals surface area contributed by atoms with E-state index in [1.165, 1.54) is 0 Å². The number of benzene rings is 1. The second-order valence-electron chi connectivity index (χ2n) is 6.82. The number of carbonyl (C=O) groups excluding carboxylic acids is 1. The van der Waals surface area contributed by atoms with E-state index in [9.17, 15) is 4.79 Å². The molecular formula is C19H22N6O. The van der Waals surface area contributed by atoms with E-state index in [1.807, 2.05) is 31.5 Å². The molecule has 1 atom stereocenters. The largest absolute Gasteiger partial charge is 0.342 e. The summed E-state index contributed by atoms with van der Waals surface area (Å²) in [5, 5.41) is 7.39. The number of amides is 1. The molecule has 0 radical (unpaired) electrons. The first kappa shape index (κ1) is 16.6. The van der Waals surface area contributed by atoms with Gasteiger partial charge in [0.25, 0.3) is 5.91 Å². The zero-order chi connectivity index (χ0) is 18.3. The van der Waals surface area contributed by atoms with Gasteiger partial charge in [-0.25, -0.2) is 19.6 Å². The molecule has 0 bridgehead atoms. The van der Waals surface area contributed by atoms with Gasteiger partial charge in [-0.3, -0.25) is 4.79 Å². The summed E-state index contributed by atoms with van der Waals surface area (Å²) >= 11 is 0. The third-order valence-electron chi connectivity index (χ3n) is 4.94. The molecule has 2 heterocycles. The quantitative estimate of drug-likeness (QED) is 0.765. The number of fused-ring (bicyclic) bond motifs is 1. The predicted molar refractivity (Wildman–Crippen MR) is 97.6 cm³/mol. The maximum Gasteiger partial charge on any atom is 0.251 e. The molecule has 1 saturated carbocycles. The van der Waals surface area contributed by atoms with E-state index >= 15 is 0 Å². The van der Waals surface area contributed by atoms with Crippen LogP contribution in [-0.4, -0.2) is 30.6 Å². The minimum atomic E-state index is -0.116. The first-order valence-electron chi connectivity index (χ1n) is 9.00. The van der Waals surface area contributed by atoms with E-state index in [0.29, 0.717) is 11.5 Å². The van der Waals surface area contributed by atoms with Gasteiger partial charge in [0.15, 0.2) is 0 Å². The van der Waals surface area contributed by atoms with Crippen LogP contribution in [0.2, 0.25) is 0 Å². The van der Waals surface area contributed by atoms with Gasteiger partial charge in [0.1, 0.15) is 12.2 Å². The van der Waals surface area contributed by atoms with E-state index in [-0.39, 0.29) is 11.9 Å². The number of nitrogens with zero attached hydrogens (tertiary/aromatic N) is 5. The second-order valence-corrected chi connectivity index (χ2v) is 6.82. The molecule has 1 aliphatic carbocycles. The summed E-state index contributed by atoms with van der Waals surface area (Å²) in [6, 6.07) is 5.35. The SMILES string of the molecule is CCn1ncnc1[C@@H](NC(=O)c1ccc2nc(C)c(C)nc2c1)C1CC1. The molecule has 1 aliphatic rings. The van der Waals surface area contributed by atoms with Gasteiger partial charge in [-0.2, -0.15) is 5.10 Å². The van der Waals surface area contributed by atoms with Gasteiger partial charge in [0.05, 0.1) is 28.5 Å². The summed E-state index contributed by atoms with van der Waals surface area (Å²) in [4.78, 5) is 26.3. The first-order chi connectivity index (χ1) is 12.6. The number of aromatic nitrogens is 5. The summed E-state index contributed by atoms with van der Waals surface area (Å²) in [7, 11) is 0. The summed E-state index contributed by atoms with van der Waals surface area (Å²) in [6.45, 7) is 6.62. The maximum atomic E-state index is 12.9. The van der Waals surface area contributed by atoms with Gasteiger partial charge in [-0.05, 0) is 57.7 Å². The first-order valence-corrected chi connectivity index (χ1v) is 9.00. The highest BCUT2D eigenvalue weighted by Crippen LogP contribution is 2.40. The van der Waals surface area contributed by atoms with Crippen LogP contribution in [0.3, 0.4) is 0 Å². The Kier molecular flexibility index (Phi) is 4.14. The van der Waals surface area contributed by atoms with Crippen LogP contribution in [0.25, 0.3) is 11.0 Å². The molecule has 2 aromatic heterocycles. The molecule has 0 unspecified atom stereocenters. The van der Waals surface area contributed by atoms with Crippen molar-refractivity contribution < 1.29 is 4.79 Å². The van der Waals surface area contributed by atoms with Crippen LogP contribution in [0.1, 0.15) is 53.4 Å². The van der Waals surface area contributed by atoms with Crippen molar-refractivity contribution in [3.05, 3.63) is 47.3 Å². The van der Waals surface area contributed by atoms with Gasteiger partial charge in [-0.1, -0.05) is 0 Å². The van der Waals surface area contributed by atoms with Crippen molar-refractivity contribution in [1.82, 2.24) is 30.0 Å². The van der Waals surface area contributed by atoms with Crippen LogP contribution in [0.5, 0.6) is 0 Å². The summed E-state index contributed by atoms with van der Waals surface area (Å²) < 4.78 is 1.85. The average Bonchev–Trinajstić information content (AvgIpc) is 3.36. The second kappa shape index (κ2) is 6.48. The number of carbonyl (C=O) groups is 1. The van der Waals surface area contributed by atoms with Crippen LogP contribution in [0.4, 0.5) is 0 Å². The van der Waals surface area contributed by atoms with Crippen molar-refractivity contribution in [3.8, 4) is 0 Å². The third-order valence-corrected chi connectivity index (χ3v) is 4.94. The molecule has 7 nitrogen and oxygen atoms in total. The van der Waals surface area contributed by atoms with Crippen molar-refractivity contribution in [2.45, 2.75) is 46.2 Å². The highest BCUT2D eigenvalue weighted by atomic mass is 16.1. The van der Waals surface area contributed by atoms with Gasteiger partial charge in [0, 0.05) is 12.1 Å². The van der Waals surface area contributed by atoms with Crippen molar-refractivity contribution in [1.29, 1.82) is 0 Å². The van der Waals surface area contributed by atoms with Gasteiger partial charge in [-0.15, -0.1) is 0 Å². The van der Waals surface area contributed by atoms with Crippen LogP contribution in [0.15, 0.2) is 24.5 Å². The van der Waals surface area contributed by atoms with E-state index in [4.69, 9.17) is 0 Å². The van der Waals surface area contributed by atoms with Crippen LogP contribution in [-0.2, 0) is 6.54 Å². The third kappa shape index (κ3) is 3.05. The normalized spacial score (nSPS) is 15.2. The Morgan fingerprint density at radius 2 is 1.96 bits per heavy atom. The molecule has 4 rings (SSSR count). The van der Waals surface area contributed by atoms with E-state index in [2.05, 4.69) is 25.4 Å². The number of aryl methyl sites for hydroxylation is 3. The Bertz CT molecular complexity index is 975. The standard InChI is InChI=1S/C19H22N6O/c1-4-25-18(20-10-21-25)17(13-5-6-13)24-19(26)14-7-8-15-16(9-14)23-12(3)11(2)22-15/h7-10,13,17H,4-6H2,1-3H3,(H,24,26)/t17-/m0/s1. The lowest BCUT2D eigenvalue weighted by atomic mass is 10.1. The van der Waals surface area contributed by atoms with Crippen molar-refractivity contribution in [3.63, 3.8) is 0 Å². The lowest BCUT2D eigenvalue weighted by Gasteiger charge is -2.18. The zero-order valence-corrected chi connectivity index (χ0v) is 15.2. The molecular weight excluding hydrogens is 328 g/mol. The molecule has 0 aliphatic heterocycles. The average molecular weight is 350 g/mol. The molecule has 0 spiro atoms. The summed E-state index contributed by atoms with van der Waals surface area (Å²) in [5.41, 5.74) is 3.90. The summed E-state index contributed by atoms with van der Waals surface area (Å²) in [6.07, 6.45) is 3.75. The van der Waals surface area contributed by atoms with Gasteiger partial charge < -0.3 is 5.32 Å². The predicted octanol–water partition coefficient (Wildman–Crippen LogP) is 2.74. The minimum absolute atomic E-state index is 0.105. The minimum Gasteiger partial charge on any atom is -0.342 e. The van der Waals surface area contributed by atoms with Crippen molar-refractivity contribution in [2.24, 2.45) is 5.92 Å². The number of hydrogen-bond donors (Lipinski definition) is 1. The zero-order valence-electron chi connectivity index (χ0n) is 15.2. The number of rotatable bonds is 5. The van der Waals surface area contributed by atoms with E-state index in [1.54, 1.807) is 18.5 Å². The van der Waals surface area contributed by atoms with Crippen molar-refractivity contribution in [2.75, 3.05) is 0 Å². The van der Waals surface area contributed by atoms with E-state index < -0.39 is 0 Å². The highest BCUT2D eigenvalue weighted by Gasteiger charge is 2.36. The Morgan fingerprint density at radius 3 is 2.65 bits per heavy atom. The lowest BCUT2D eigenvalue weighted by molar-refractivity contribution is 0.0928. The number of nitrogens with one attached hydrogen (secondary N) is 1. The fourth-order valence-corrected chi connectivity index (χ4v) is 3.18. The maximum absolute atomic E-state index is 12.9. The van der Waals surface area contributed by atoms with Crippen LogP contribution < -0.4 is 5.32 Å². The molecule has 3 aromatic rings. The molecule has 1 fully saturated rings. The molecule has 7 heteroatoms. The van der Waals surface area contributed by atoms with Gasteiger partial charge in [0.2, 0.25) is 0 Å². The fraction of sp³-hybridized carbons (Fsp3) is 0.421. The van der Waals surface area contributed by atoms with Crippen molar-refractivity contribution >= 4 is 16.9 Å².